The minimum atomic E-state index is 0. The molecule has 0 aliphatic carbocycles. The lowest BCUT2D eigenvalue weighted by molar-refractivity contribution is -0.904. The highest BCUT2D eigenvalue weighted by Gasteiger charge is 2.20. The molecular weight excluding hydrogens is 690 g/mol. The fourth-order valence-corrected chi connectivity index (χ4v) is 5.65. The summed E-state index contributed by atoms with van der Waals surface area (Å²) < 4.78 is 4.45. The minimum absolute atomic E-state index is 0. The number of hydrogen-bond donors (Lipinski definition) is 0. The van der Waals surface area contributed by atoms with Gasteiger partial charge < -0.3 is 59.9 Å². The summed E-state index contributed by atoms with van der Waals surface area (Å²) in [5, 5.41) is 0. The largest absolute Gasteiger partial charge is 1.00 e. The summed E-state index contributed by atoms with van der Waals surface area (Å²) in [7, 11) is 9.68. The van der Waals surface area contributed by atoms with E-state index in [9.17, 15) is 0 Å². The van der Waals surface area contributed by atoms with Gasteiger partial charge in [0.2, 0.25) is 0 Å². The van der Waals surface area contributed by atoms with Crippen LogP contribution in [-0.2, 0) is 19.6 Å². The smallest absolute Gasteiger partial charge is 0.173 e. The lowest BCUT2D eigenvalue weighted by Crippen LogP contribution is -3.00. The van der Waals surface area contributed by atoms with E-state index in [1.54, 1.807) is 0 Å². The minimum Gasteiger partial charge on any atom is -1.00 e. The van der Waals surface area contributed by atoms with E-state index in [0.717, 1.165) is 28.6 Å². The molecule has 0 radical (unpaired) electrons. The summed E-state index contributed by atoms with van der Waals surface area (Å²) in [6.45, 7) is 10.3. The van der Waals surface area contributed by atoms with E-state index in [4.69, 9.17) is 0 Å². The van der Waals surface area contributed by atoms with E-state index in [-0.39, 0.29) is 50.9 Å². The van der Waals surface area contributed by atoms with E-state index in [1.807, 2.05) is 0 Å². The molecule has 1 aromatic heterocycles. The zero-order chi connectivity index (χ0) is 27.0. The zero-order valence-electron chi connectivity index (χ0n) is 26.6. The molecule has 1 aromatic carbocycles. The van der Waals surface area contributed by atoms with E-state index in [0.29, 0.717) is 0 Å². The van der Waals surface area contributed by atoms with Crippen LogP contribution in [0.25, 0.3) is 0 Å². The SMILES string of the molecule is CCCCCCCC[N+](C)(C)Cc1cc(C[n+]2ccccc2)cc(C[N+](C)(C)CCCCCCCC)c1.[Br-].[Br-].[Br-]. The van der Waals surface area contributed by atoms with E-state index in [1.165, 1.54) is 107 Å². The average molecular weight is 751 g/mol. The molecule has 0 atom stereocenters. The molecule has 0 bridgehead atoms. The predicted octanol–water partition coefficient (Wildman–Crippen LogP) is -1.09. The van der Waals surface area contributed by atoms with Crippen molar-refractivity contribution in [1.29, 1.82) is 0 Å². The molecular formula is C34H60Br3N3. The van der Waals surface area contributed by atoms with Gasteiger partial charge in [0.25, 0.3) is 0 Å². The Hall–Kier alpha value is -0.270. The molecule has 0 aliphatic heterocycles. The molecule has 1 heterocycles. The maximum absolute atomic E-state index is 2.52. The number of aromatic nitrogens is 1. The third kappa shape index (κ3) is 19.0. The first-order valence-electron chi connectivity index (χ1n) is 15.4. The van der Waals surface area contributed by atoms with Crippen LogP contribution in [0.15, 0.2) is 48.8 Å². The molecule has 40 heavy (non-hydrogen) atoms. The number of pyridine rings is 1. The summed E-state index contributed by atoms with van der Waals surface area (Å²) in [5.74, 6) is 0. The second-order valence-electron chi connectivity index (χ2n) is 12.9. The van der Waals surface area contributed by atoms with Gasteiger partial charge in [-0.15, -0.1) is 0 Å². The number of halogens is 3. The van der Waals surface area contributed by atoms with Crippen molar-refractivity contribution in [3.8, 4) is 0 Å². The van der Waals surface area contributed by atoms with E-state index < -0.39 is 0 Å². The topological polar surface area (TPSA) is 3.88 Å². The van der Waals surface area contributed by atoms with Crippen LogP contribution < -0.4 is 55.5 Å². The average Bonchev–Trinajstić information content (AvgIpc) is 2.83. The standard InChI is InChI=1S/C34H60N3.3BrH/c1-7-9-11-13-15-20-24-36(3,4)30-33-26-32(29-35-22-18-17-19-23-35)27-34(28-33)31-37(5,6)25-21-16-14-12-10-8-2;;;/h17-19,22-23,26-28H,7-16,20-21,24-25,29-31H2,1-6H3;3*1H/q+3;;;/p-3. The summed E-state index contributed by atoms with van der Waals surface area (Å²) in [6, 6.07) is 13.8. The molecule has 3 nitrogen and oxygen atoms in total. The Kier molecular flexibility index (Phi) is 24.3. The van der Waals surface area contributed by atoms with Gasteiger partial charge in [-0.2, -0.15) is 0 Å². The molecule has 0 saturated carbocycles. The van der Waals surface area contributed by atoms with Gasteiger partial charge in [0.1, 0.15) is 13.1 Å². The number of hydrogen-bond acceptors (Lipinski definition) is 0. The van der Waals surface area contributed by atoms with Gasteiger partial charge in [0.15, 0.2) is 18.9 Å². The van der Waals surface area contributed by atoms with Gasteiger partial charge in [0, 0.05) is 28.8 Å². The van der Waals surface area contributed by atoms with Crippen molar-refractivity contribution in [2.75, 3.05) is 41.3 Å². The number of nitrogens with zero attached hydrogens (tertiary/aromatic N) is 3. The fourth-order valence-electron chi connectivity index (χ4n) is 5.65. The van der Waals surface area contributed by atoms with E-state index in [2.05, 4.69) is 95.4 Å². The van der Waals surface area contributed by atoms with Crippen LogP contribution in [0.5, 0.6) is 0 Å². The number of rotatable bonds is 20. The Morgan fingerprint density at radius 1 is 0.500 bits per heavy atom. The molecule has 0 aliphatic rings. The Bertz CT molecular complexity index is 824. The third-order valence-corrected chi connectivity index (χ3v) is 7.71. The van der Waals surface area contributed by atoms with Gasteiger partial charge in [-0.3, -0.25) is 0 Å². The monoisotopic (exact) mass is 747 g/mol. The van der Waals surface area contributed by atoms with Crippen molar-refractivity contribution in [1.82, 2.24) is 0 Å². The van der Waals surface area contributed by atoms with Crippen LogP contribution >= 0.6 is 0 Å². The van der Waals surface area contributed by atoms with Crippen molar-refractivity contribution in [3.63, 3.8) is 0 Å². The Morgan fingerprint density at radius 3 is 1.30 bits per heavy atom. The number of unbranched alkanes of at least 4 members (excludes halogenated alkanes) is 10. The highest BCUT2D eigenvalue weighted by Crippen LogP contribution is 2.20. The van der Waals surface area contributed by atoms with Crippen molar-refractivity contribution < 1.29 is 64.5 Å². The number of quaternary nitrogens is 2. The van der Waals surface area contributed by atoms with Gasteiger partial charge >= 0.3 is 0 Å². The van der Waals surface area contributed by atoms with Crippen molar-refractivity contribution >= 4 is 0 Å². The molecule has 0 amide bonds. The zero-order valence-corrected chi connectivity index (χ0v) is 31.4. The summed E-state index contributed by atoms with van der Waals surface area (Å²) in [5.41, 5.74) is 4.43. The predicted molar refractivity (Wildman–Crippen MR) is 160 cm³/mol. The highest BCUT2D eigenvalue weighted by molar-refractivity contribution is 5.29. The summed E-state index contributed by atoms with van der Waals surface area (Å²) in [4.78, 5) is 0. The first-order chi connectivity index (χ1) is 17.7. The fraction of sp³-hybridized carbons (Fsp3) is 0.676. The normalized spacial score (nSPS) is 11.3. The first kappa shape index (κ1) is 41.9. The summed E-state index contributed by atoms with van der Waals surface area (Å²) in [6.07, 6.45) is 20.8. The molecule has 2 aromatic rings. The molecule has 0 fully saturated rings. The Labute approximate surface area is 280 Å². The van der Waals surface area contributed by atoms with Gasteiger partial charge in [-0.05, 0) is 43.9 Å². The second-order valence-corrected chi connectivity index (χ2v) is 12.9. The van der Waals surface area contributed by atoms with Gasteiger partial charge in [-0.1, -0.05) is 71.3 Å². The van der Waals surface area contributed by atoms with Crippen molar-refractivity contribution in [2.45, 2.75) is 111 Å². The van der Waals surface area contributed by atoms with Crippen LogP contribution in [0.1, 0.15) is 108 Å². The Balaban J connectivity index is 0. The summed E-state index contributed by atoms with van der Waals surface area (Å²) >= 11 is 0. The molecule has 0 spiro atoms. The van der Waals surface area contributed by atoms with Crippen LogP contribution in [0.4, 0.5) is 0 Å². The molecule has 232 valence electrons. The van der Waals surface area contributed by atoms with Gasteiger partial charge in [-0.25, -0.2) is 4.57 Å². The molecule has 0 unspecified atom stereocenters. The second kappa shape index (κ2) is 23.2. The molecule has 0 saturated heterocycles. The highest BCUT2D eigenvalue weighted by atomic mass is 79.9. The lowest BCUT2D eigenvalue weighted by atomic mass is 10.0. The maximum atomic E-state index is 2.52. The van der Waals surface area contributed by atoms with Crippen molar-refractivity contribution in [2.24, 2.45) is 0 Å². The van der Waals surface area contributed by atoms with Crippen molar-refractivity contribution in [3.05, 3.63) is 65.5 Å². The molecule has 2 rings (SSSR count). The first-order valence-corrected chi connectivity index (χ1v) is 15.4. The maximum Gasteiger partial charge on any atom is 0.173 e. The van der Waals surface area contributed by atoms with Crippen LogP contribution in [0, 0.1) is 0 Å². The van der Waals surface area contributed by atoms with Crippen LogP contribution in [-0.4, -0.2) is 50.2 Å². The lowest BCUT2D eigenvalue weighted by Gasteiger charge is -2.32. The van der Waals surface area contributed by atoms with Crippen LogP contribution in [0.3, 0.4) is 0 Å². The van der Waals surface area contributed by atoms with Crippen LogP contribution in [0.2, 0.25) is 0 Å². The Morgan fingerprint density at radius 2 is 0.875 bits per heavy atom. The third-order valence-electron chi connectivity index (χ3n) is 7.71. The van der Waals surface area contributed by atoms with Gasteiger partial charge in [0.05, 0.1) is 41.3 Å². The molecule has 0 N–H and O–H groups in total. The van der Waals surface area contributed by atoms with E-state index >= 15 is 0 Å². The quantitative estimate of drug-likeness (QED) is 0.0922. The molecule has 6 heteroatoms. The number of benzene rings is 1.